The van der Waals surface area contributed by atoms with Gasteiger partial charge in [0.15, 0.2) is 11.5 Å². The van der Waals surface area contributed by atoms with Crippen molar-refractivity contribution in [2.24, 2.45) is 9.98 Å². The average Bonchev–Trinajstić information content (AvgIpc) is 2.63. The highest BCUT2D eigenvalue weighted by Crippen LogP contribution is 2.28. The minimum Gasteiger partial charge on any atom is -0.454 e. The lowest BCUT2D eigenvalue weighted by molar-refractivity contribution is 0.174. The van der Waals surface area contributed by atoms with Gasteiger partial charge < -0.3 is 9.47 Å². The zero-order valence-electron chi connectivity index (χ0n) is 6.48. The van der Waals surface area contributed by atoms with Gasteiger partial charge in [-0.1, -0.05) is 0 Å². The molecule has 0 spiro atoms. The van der Waals surface area contributed by atoms with E-state index in [1.54, 1.807) is 12.1 Å². The van der Waals surface area contributed by atoms with Gasteiger partial charge in [-0.3, -0.25) is 0 Å². The summed E-state index contributed by atoms with van der Waals surface area (Å²) < 4.78 is 10.4. The molecule has 0 saturated carbocycles. The number of fused-ring (bicyclic) bond motifs is 2. The van der Waals surface area contributed by atoms with Gasteiger partial charge in [0.1, 0.15) is 0 Å². The molecule has 0 aromatic heterocycles. The topological polar surface area (TPSA) is 43.2 Å². The van der Waals surface area contributed by atoms with Crippen LogP contribution in [-0.4, -0.2) is 11.9 Å². The first-order chi connectivity index (χ1) is 6.33. The molecular formula is C8H4N2O2S. The Morgan fingerprint density at radius 1 is 1.08 bits per heavy atom. The van der Waals surface area contributed by atoms with E-state index in [1.807, 2.05) is 0 Å². The van der Waals surface area contributed by atoms with Crippen molar-refractivity contribution in [1.82, 2.24) is 0 Å². The molecule has 0 N–H and O–H groups in total. The maximum absolute atomic E-state index is 5.19. The van der Waals surface area contributed by atoms with Crippen LogP contribution >= 0.6 is 12.2 Å². The fourth-order valence-corrected chi connectivity index (χ4v) is 1.53. The molecule has 4 nitrogen and oxygen atoms in total. The van der Waals surface area contributed by atoms with Crippen molar-refractivity contribution >= 4 is 17.3 Å². The Kier molecular flexibility index (Phi) is 1.21. The van der Waals surface area contributed by atoms with Gasteiger partial charge in [0.25, 0.3) is 0 Å². The van der Waals surface area contributed by atoms with Gasteiger partial charge in [0.2, 0.25) is 11.9 Å². The first-order valence-electron chi connectivity index (χ1n) is 3.74. The predicted octanol–water partition coefficient (Wildman–Crippen LogP) is -0.0470. The van der Waals surface area contributed by atoms with Crippen molar-refractivity contribution in [3.8, 4) is 11.5 Å². The van der Waals surface area contributed by atoms with Crippen LogP contribution in [0.3, 0.4) is 0 Å². The van der Waals surface area contributed by atoms with E-state index in [2.05, 4.69) is 9.98 Å². The lowest BCUT2D eigenvalue weighted by Gasteiger charge is -1.91. The molecule has 2 aliphatic rings. The maximum Gasteiger partial charge on any atom is 0.231 e. The summed E-state index contributed by atoms with van der Waals surface area (Å²) in [5.74, 6) is 1.42. The van der Waals surface area contributed by atoms with E-state index in [4.69, 9.17) is 21.7 Å². The van der Waals surface area contributed by atoms with E-state index in [0.717, 1.165) is 10.7 Å². The molecule has 2 aliphatic heterocycles. The number of nitrogens with zero attached hydrogens (tertiary/aromatic N) is 2. The molecule has 2 heterocycles. The SMILES string of the molecule is S=C1N=c2cc3c(cc2=N1)OCO3. The van der Waals surface area contributed by atoms with Crippen LogP contribution in [0.4, 0.5) is 0 Å². The summed E-state index contributed by atoms with van der Waals surface area (Å²) in [6.07, 6.45) is 0. The van der Waals surface area contributed by atoms with Crippen molar-refractivity contribution in [3.63, 3.8) is 0 Å². The third kappa shape index (κ3) is 0.936. The Labute approximate surface area is 78.5 Å². The second-order valence-electron chi connectivity index (χ2n) is 2.70. The molecule has 13 heavy (non-hydrogen) atoms. The Hall–Kier alpha value is -1.49. The molecule has 0 saturated heterocycles. The highest BCUT2D eigenvalue weighted by molar-refractivity contribution is 7.80. The molecule has 0 amide bonds. The molecule has 0 fully saturated rings. The summed E-state index contributed by atoms with van der Waals surface area (Å²) in [6.45, 7) is 0.267. The normalized spacial score (nSPS) is 16.5. The second-order valence-corrected chi connectivity index (χ2v) is 3.07. The molecule has 1 aromatic carbocycles. The van der Waals surface area contributed by atoms with E-state index in [9.17, 15) is 0 Å². The number of hydrogen-bond donors (Lipinski definition) is 0. The van der Waals surface area contributed by atoms with Gasteiger partial charge in [0.05, 0.1) is 10.7 Å². The van der Waals surface area contributed by atoms with Gasteiger partial charge in [-0.15, -0.1) is 0 Å². The summed E-state index contributed by atoms with van der Waals surface area (Å²) in [6, 6.07) is 3.58. The first kappa shape index (κ1) is 6.97. The summed E-state index contributed by atoms with van der Waals surface area (Å²) in [5, 5.41) is 1.88. The zero-order chi connectivity index (χ0) is 8.84. The first-order valence-corrected chi connectivity index (χ1v) is 4.15. The summed E-state index contributed by atoms with van der Waals surface area (Å²) in [5.41, 5.74) is 0. The number of ether oxygens (including phenoxy) is 2. The molecule has 0 radical (unpaired) electrons. The minimum atomic E-state index is 0.267. The van der Waals surface area contributed by atoms with Crippen LogP contribution in [-0.2, 0) is 0 Å². The van der Waals surface area contributed by atoms with Crippen LogP contribution in [0, 0.1) is 0 Å². The zero-order valence-corrected chi connectivity index (χ0v) is 7.30. The van der Waals surface area contributed by atoms with E-state index >= 15 is 0 Å². The Morgan fingerprint density at radius 2 is 1.62 bits per heavy atom. The molecule has 0 unspecified atom stereocenters. The summed E-state index contributed by atoms with van der Waals surface area (Å²) in [4.78, 5) is 8.12. The van der Waals surface area contributed by atoms with Crippen molar-refractivity contribution < 1.29 is 9.47 Å². The van der Waals surface area contributed by atoms with Crippen LogP contribution in [0.1, 0.15) is 0 Å². The Bertz CT molecular complexity index is 479. The maximum atomic E-state index is 5.19. The molecule has 64 valence electrons. The molecule has 3 rings (SSSR count). The molecular weight excluding hydrogens is 188 g/mol. The Morgan fingerprint density at radius 3 is 2.15 bits per heavy atom. The van der Waals surface area contributed by atoms with Crippen LogP contribution in [0.15, 0.2) is 22.1 Å². The van der Waals surface area contributed by atoms with Crippen molar-refractivity contribution in [2.75, 3.05) is 6.79 Å². The minimum absolute atomic E-state index is 0.267. The van der Waals surface area contributed by atoms with Gasteiger partial charge in [0, 0.05) is 12.1 Å². The third-order valence-corrected chi connectivity index (χ3v) is 2.08. The Balaban J connectivity index is 2.39. The van der Waals surface area contributed by atoms with Gasteiger partial charge in [-0.25, -0.2) is 9.98 Å². The van der Waals surface area contributed by atoms with E-state index in [0.29, 0.717) is 16.6 Å². The van der Waals surface area contributed by atoms with Gasteiger partial charge in [-0.2, -0.15) is 0 Å². The van der Waals surface area contributed by atoms with Crippen molar-refractivity contribution in [3.05, 3.63) is 22.8 Å². The molecule has 0 bridgehead atoms. The average molecular weight is 192 g/mol. The second kappa shape index (κ2) is 2.26. The van der Waals surface area contributed by atoms with E-state index in [1.165, 1.54) is 0 Å². The van der Waals surface area contributed by atoms with Crippen LogP contribution in [0.25, 0.3) is 0 Å². The quantitative estimate of drug-likeness (QED) is 0.541. The fourth-order valence-electron chi connectivity index (χ4n) is 1.33. The standard InChI is InChI=1S/C8H4N2O2S/c13-8-9-4-1-6-7(12-3-11-6)2-5(4)10-8/h1-2H,3H2. The lowest BCUT2D eigenvalue weighted by Crippen LogP contribution is -2.20. The van der Waals surface area contributed by atoms with Crippen LogP contribution < -0.4 is 20.2 Å². The number of rotatable bonds is 0. The molecule has 5 heteroatoms. The van der Waals surface area contributed by atoms with Crippen molar-refractivity contribution in [2.45, 2.75) is 0 Å². The fraction of sp³-hybridized carbons (Fsp3) is 0.125. The van der Waals surface area contributed by atoms with Gasteiger partial charge in [-0.05, 0) is 12.2 Å². The van der Waals surface area contributed by atoms with Crippen LogP contribution in [0.5, 0.6) is 11.5 Å². The molecule has 1 aromatic rings. The number of thiocarbonyl (C=S) groups is 1. The highest BCUT2D eigenvalue weighted by Gasteiger charge is 2.15. The summed E-state index contributed by atoms with van der Waals surface area (Å²) in [7, 11) is 0. The van der Waals surface area contributed by atoms with E-state index in [-0.39, 0.29) is 6.79 Å². The lowest BCUT2D eigenvalue weighted by atomic mass is 10.3. The van der Waals surface area contributed by atoms with E-state index < -0.39 is 0 Å². The summed E-state index contributed by atoms with van der Waals surface area (Å²) >= 11 is 4.85. The number of benzene rings is 1. The van der Waals surface area contributed by atoms with Gasteiger partial charge >= 0.3 is 0 Å². The highest BCUT2D eigenvalue weighted by atomic mass is 32.1. The van der Waals surface area contributed by atoms with Crippen molar-refractivity contribution in [1.29, 1.82) is 0 Å². The smallest absolute Gasteiger partial charge is 0.231 e. The predicted molar refractivity (Wildman–Crippen MR) is 47.5 cm³/mol. The third-order valence-electron chi connectivity index (χ3n) is 1.90. The molecule has 0 aliphatic carbocycles. The molecule has 0 atom stereocenters. The monoisotopic (exact) mass is 192 g/mol. The van der Waals surface area contributed by atoms with Crippen LogP contribution in [0.2, 0.25) is 0 Å². The number of hydrogen-bond acceptors (Lipinski definition) is 3. The largest absolute Gasteiger partial charge is 0.454 e.